The molecule has 0 radical (unpaired) electrons. The Labute approximate surface area is 289 Å². The molecule has 1 unspecified atom stereocenters. The number of aliphatic imine (C=N–C) groups is 1. The molecule has 0 bridgehead atoms. The average Bonchev–Trinajstić information content (AvgIpc) is 2.99. The van der Waals surface area contributed by atoms with Crippen LogP contribution in [-0.4, -0.2) is 22.5 Å². The Morgan fingerprint density at radius 3 is 1.38 bits per heavy atom. The van der Waals surface area contributed by atoms with Gasteiger partial charge in [0, 0.05) is 11.8 Å². The zero-order chi connectivity index (χ0) is 35.9. The smallest absolute Gasteiger partial charge is 0.165 e. The second-order valence-electron chi connectivity index (χ2n) is 17.5. The summed E-state index contributed by atoms with van der Waals surface area (Å²) >= 11 is 0. The van der Waals surface area contributed by atoms with Crippen LogP contribution >= 0.6 is 0 Å². The lowest BCUT2D eigenvalue weighted by Crippen LogP contribution is -2.42. The van der Waals surface area contributed by atoms with Crippen molar-refractivity contribution < 1.29 is 14.6 Å². The molecule has 0 spiro atoms. The SMILES string of the molecule is CC(C)(C)c1cc(C(C)(C)C)cc(C(O)(c2cc(C(C)(C)C)cc(C(C)(C)C)c2)C(Cc2ccccc2)N=Cc2cccc(F)c2O)c1. The predicted octanol–water partition coefficient (Wildman–Crippen LogP) is 10.7. The highest BCUT2D eigenvalue weighted by Crippen LogP contribution is 2.43. The molecule has 4 aromatic carbocycles. The molecule has 1 atom stereocenters. The van der Waals surface area contributed by atoms with Crippen LogP contribution in [0, 0.1) is 5.82 Å². The first-order valence-corrected chi connectivity index (χ1v) is 17.1. The summed E-state index contributed by atoms with van der Waals surface area (Å²) in [7, 11) is 0. The predicted molar refractivity (Wildman–Crippen MR) is 200 cm³/mol. The first-order chi connectivity index (χ1) is 22.0. The van der Waals surface area contributed by atoms with Crippen molar-refractivity contribution in [3.05, 3.63) is 135 Å². The Morgan fingerprint density at radius 1 is 0.583 bits per heavy atom. The van der Waals surface area contributed by atoms with Gasteiger partial charge in [-0.25, -0.2) is 4.39 Å². The van der Waals surface area contributed by atoms with Crippen LogP contribution in [-0.2, 0) is 33.7 Å². The Bertz CT molecular complexity index is 1620. The molecule has 0 aliphatic rings. The van der Waals surface area contributed by atoms with E-state index in [0.717, 1.165) is 38.9 Å². The zero-order valence-electron chi connectivity index (χ0n) is 31.2. The van der Waals surface area contributed by atoms with E-state index >= 15 is 0 Å². The van der Waals surface area contributed by atoms with Gasteiger partial charge in [0.15, 0.2) is 11.6 Å². The lowest BCUT2D eigenvalue weighted by Gasteiger charge is -2.39. The van der Waals surface area contributed by atoms with E-state index in [0.29, 0.717) is 6.42 Å². The fourth-order valence-corrected chi connectivity index (χ4v) is 5.93. The molecular weight excluding hydrogens is 593 g/mol. The molecule has 4 heteroatoms. The highest BCUT2D eigenvalue weighted by Gasteiger charge is 2.43. The molecular formula is C44H56FNO2. The van der Waals surface area contributed by atoms with Crippen LogP contribution in [0.25, 0.3) is 0 Å². The van der Waals surface area contributed by atoms with Crippen LogP contribution < -0.4 is 0 Å². The standard InChI is InChI=1S/C44H56FNO2/c1-40(2,3)31-22-32(41(4,5)6)25-35(24-31)44(48,36-26-33(42(7,8)9)23-34(27-36)43(10,11)12)38(21-29-17-14-13-15-18-29)46-28-30-19-16-20-37(45)39(30)47/h13-20,22-28,38,47-48H,21H2,1-12H3. The number of nitrogens with zero attached hydrogens (tertiary/aromatic N) is 1. The van der Waals surface area contributed by atoms with Crippen molar-refractivity contribution in [2.24, 2.45) is 4.99 Å². The molecule has 256 valence electrons. The first-order valence-electron chi connectivity index (χ1n) is 17.1. The third-order valence-corrected chi connectivity index (χ3v) is 9.38. The number of benzene rings is 4. The van der Waals surface area contributed by atoms with Crippen LogP contribution in [0.4, 0.5) is 4.39 Å². The number of aromatic hydroxyl groups is 1. The van der Waals surface area contributed by atoms with Gasteiger partial charge in [0.25, 0.3) is 0 Å². The molecule has 0 heterocycles. The van der Waals surface area contributed by atoms with Crippen molar-refractivity contribution in [1.29, 1.82) is 0 Å². The van der Waals surface area contributed by atoms with E-state index in [-0.39, 0.29) is 27.2 Å². The van der Waals surface area contributed by atoms with Crippen LogP contribution in [0.15, 0.2) is 89.9 Å². The number of hydrogen-bond acceptors (Lipinski definition) is 3. The molecule has 0 aliphatic heterocycles. The summed E-state index contributed by atoms with van der Waals surface area (Å²) < 4.78 is 14.5. The van der Waals surface area contributed by atoms with Crippen molar-refractivity contribution in [2.75, 3.05) is 0 Å². The number of phenols is 1. The average molecular weight is 650 g/mol. The second kappa shape index (κ2) is 13.3. The molecule has 0 saturated carbocycles. The monoisotopic (exact) mass is 649 g/mol. The minimum atomic E-state index is -1.61. The summed E-state index contributed by atoms with van der Waals surface area (Å²) in [5.74, 6) is -1.17. The largest absolute Gasteiger partial charge is 0.504 e. The summed E-state index contributed by atoms with van der Waals surface area (Å²) in [5.41, 5.74) is 4.90. The van der Waals surface area contributed by atoms with Crippen LogP contribution in [0.3, 0.4) is 0 Å². The van der Waals surface area contributed by atoms with Gasteiger partial charge in [0.2, 0.25) is 0 Å². The molecule has 0 aliphatic carbocycles. The molecule has 0 amide bonds. The van der Waals surface area contributed by atoms with Crippen molar-refractivity contribution >= 4 is 6.21 Å². The lowest BCUT2D eigenvalue weighted by molar-refractivity contribution is 0.0522. The maximum absolute atomic E-state index is 14.5. The molecule has 2 N–H and O–H groups in total. The third kappa shape index (κ3) is 8.26. The van der Waals surface area contributed by atoms with Gasteiger partial charge in [-0.15, -0.1) is 0 Å². The van der Waals surface area contributed by atoms with Gasteiger partial charge in [-0.3, -0.25) is 4.99 Å². The van der Waals surface area contributed by atoms with Crippen LogP contribution in [0.2, 0.25) is 0 Å². The Morgan fingerprint density at radius 2 is 0.979 bits per heavy atom. The summed E-state index contributed by atoms with van der Waals surface area (Å²) in [5, 5.41) is 24.4. The first kappa shape index (κ1) is 37.1. The Hall–Kier alpha value is -3.76. The summed E-state index contributed by atoms with van der Waals surface area (Å²) in [4.78, 5) is 5.08. The Kier molecular flexibility index (Phi) is 10.2. The van der Waals surface area contributed by atoms with Gasteiger partial charge in [0.1, 0.15) is 5.60 Å². The van der Waals surface area contributed by atoms with Gasteiger partial charge in [0.05, 0.1) is 6.04 Å². The van der Waals surface area contributed by atoms with Gasteiger partial charge in [-0.05, 0) is 79.2 Å². The summed E-state index contributed by atoms with van der Waals surface area (Å²) in [6.07, 6.45) is 1.91. The molecule has 0 aromatic heterocycles. The van der Waals surface area contributed by atoms with Crippen molar-refractivity contribution in [1.82, 2.24) is 0 Å². The molecule has 0 saturated heterocycles. The number of halogens is 1. The molecule has 4 aromatic rings. The van der Waals surface area contributed by atoms with Crippen molar-refractivity contribution in [3.8, 4) is 5.75 Å². The number of hydrogen-bond donors (Lipinski definition) is 2. The van der Waals surface area contributed by atoms with Crippen molar-refractivity contribution in [2.45, 2.75) is 123 Å². The Balaban J connectivity index is 2.17. The third-order valence-electron chi connectivity index (χ3n) is 9.38. The fraction of sp³-hybridized carbons (Fsp3) is 0.432. The van der Waals surface area contributed by atoms with Crippen LogP contribution in [0.1, 0.15) is 128 Å². The summed E-state index contributed by atoms with van der Waals surface area (Å²) in [6.45, 7) is 26.4. The highest BCUT2D eigenvalue weighted by molar-refractivity contribution is 5.83. The highest BCUT2D eigenvalue weighted by atomic mass is 19.1. The topological polar surface area (TPSA) is 52.8 Å². The van der Waals surface area contributed by atoms with Gasteiger partial charge in [-0.2, -0.15) is 0 Å². The number of aliphatic hydroxyl groups is 1. The van der Waals surface area contributed by atoms with Gasteiger partial charge >= 0.3 is 0 Å². The van der Waals surface area contributed by atoms with E-state index in [1.54, 1.807) is 12.1 Å². The molecule has 4 rings (SSSR count). The minimum Gasteiger partial charge on any atom is -0.504 e. The molecule has 0 fully saturated rings. The van der Waals surface area contributed by atoms with E-state index in [2.05, 4.69) is 119 Å². The molecule has 3 nitrogen and oxygen atoms in total. The van der Waals surface area contributed by atoms with E-state index in [1.807, 2.05) is 30.3 Å². The second-order valence-corrected chi connectivity index (χ2v) is 17.5. The summed E-state index contributed by atoms with van der Waals surface area (Å²) in [6, 6.07) is 26.8. The van der Waals surface area contributed by atoms with E-state index in [9.17, 15) is 14.6 Å². The van der Waals surface area contributed by atoms with Crippen molar-refractivity contribution in [3.63, 3.8) is 0 Å². The molecule has 48 heavy (non-hydrogen) atoms. The zero-order valence-corrected chi connectivity index (χ0v) is 31.2. The maximum Gasteiger partial charge on any atom is 0.165 e. The number of rotatable bonds is 7. The van der Waals surface area contributed by atoms with Crippen LogP contribution in [0.5, 0.6) is 5.75 Å². The lowest BCUT2D eigenvalue weighted by atomic mass is 9.70. The number of para-hydroxylation sites is 1. The van der Waals surface area contributed by atoms with Gasteiger partial charge < -0.3 is 10.2 Å². The quantitative estimate of drug-likeness (QED) is 0.196. The normalized spacial score (nSPS) is 14.0. The van der Waals surface area contributed by atoms with Gasteiger partial charge in [-0.1, -0.05) is 156 Å². The van der Waals surface area contributed by atoms with E-state index < -0.39 is 23.2 Å². The maximum atomic E-state index is 14.5. The van der Waals surface area contributed by atoms with E-state index in [1.165, 1.54) is 12.3 Å². The minimum absolute atomic E-state index is 0.188. The van der Waals surface area contributed by atoms with E-state index in [4.69, 9.17) is 4.99 Å². The fourth-order valence-electron chi connectivity index (χ4n) is 5.93. The number of phenolic OH excluding ortho intramolecular Hbond substituents is 1.